The lowest BCUT2D eigenvalue weighted by Gasteiger charge is -2.24. The number of benzene rings is 2. The summed E-state index contributed by atoms with van der Waals surface area (Å²) >= 11 is 0. The summed E-state index contributed by atoms with van der Waals surface area (Å²) in [6.45, 7) is 0.563. The monoisotopic (exact) mass is 366 g/mol. The van der Waals surface area contributed by atoms with Crippen molar-refractivity contribution in [2.75, 3.05) is 13.7 Å². The molecule has 1 saturated heterocycles. The van der Waals surface area contributed by atoms with E-state index in [0.29, 0.717) is 23.6 Å². The SMILES string of the molecule is COc1cccc(-c2cc(C(=O)N3CCCC3c3ccccc3F)on2)c1. The molecule has 3 aromatic rings. The molecule has 2 heterocycles. The highest BCUT2D eigenvalue weighted by molar-refractivity contribution is 5.93. The van der Waals surface area contributed by atoms with E-state index in [1.165, 1.54) is 6.07 Å². The van der Waals surface area contributed by atoms with Crippen LogP contribution in [-0.4, -0.2) is 29.6 Å². The highest BCUT2D eigenvalue weighted by Gasteiger charge is 2.33. The number of nitrogens with zero attached hydrogens (tertiary/aromatic N) is 2. The molecule has 1 unspecified atom stereocenters. The molecule has 1 atom stereocenters. The number of carbonyl (C=O) groups is 1. The minimum absolute atomic E-state index is 0.149. The summed E-state index contributed by atoms with van der Waals surface area (Å²) in [5.74, 6) is 0.276. The van der Waals surface area contributed by atoms with Gasteiger partial charge in [0.15, 0.2) is 0 Å². The zero-order valence-electron chi connectivity index (χ0n) is 14.9. The first-order valence-corrected chi connectivity index (χ1v) is 8.84. The van der Waals surface area contributed by atoms with Crippen molar-refractivity contribution in [3.63, 3.8) is 0 Å². The molecule has 0 saturated carbocycles. The van der Waals surface area contributed by atoms with Crippen molar-refractivity contribution in [1.29, 1.82) is 0 Å². The van der Waals surface area contributed by atoms with Crippen LogP contribution in [0, 0.1) is 5.82 Å². The first-order chi connectivity index (χ1) is 13.2. The minimum Gasteiger partial charge on any atom is -0.497 e. The first kappa shape index (κ1) is 17.3. The Kier molecular flexibility index (Phi) is 4.62. The fourth-order valence-corrected chi connectivity index (χ4v) is 3.51. The van der Waals surface area contributed by atoms with E-state index < -0.39 is 0 Å². The van der Waals surface area contributed by atoms with Gasteiger partial charge in [-0.2, -0.15) is 0 Å². The predicted octanol–water partition coefficient (Wildman–Crippen LogP) is 4.47. The van der Waals surface area contributed by atoms with E-state index in [9.17, 15) is 9.18 Å². The van der Waals surface area contributed by atoms with Crippen molar-refractivity contribution in [2.45, 2.75) is 18.9 Å². The Morgan fingerprint density at radius 3 is 2.89 bits per heavy atom. The third-order valence-corrected chi connectivity index (χ3v) is 4.86. The lowest BCUT2D eigenvalue weighted by Crippen LogP contribution is -2.30. The fraction of sp³-hybridized carbons (Fsp3) is 0.238. The van der Waals surface area contributed by atoms with E-state index in [0.717, 1.165) is 18.4 Å². The van der Waals surface area contributed by atoms with Gasteiger partial charge < -0.3 is 14.2 Å². The van der Waals surface area contributed by atoms with Crippen LogP contribution >= 0.6 is 0 Å². The van der Waals surface area contributed by atoms with Crippen molar-refractivity contribution < 1.29 is 18.4 Å². The quantitative estimate of drug-likeness (QED) is 0.684. The van der Waals surface area contributed by atoms with Crippen LogP contribution in [0.5, 0.6) is 5.75 Å². The first-order valence-electron chi connectivity index (χ1n) is 8.84. The van der Waals surface area contributed by atoms with Crippen LogP contribution in [0.15, 0.2) is 59.1 Å². The van der Waals surface area contributed by atoms with Gasteiger partial charge in [-0.05, 0) is 31.0 Å². The molecule has 0 N–H and O–H groups in total. The summed E-state index contributed by atoms with van der Waals surface area (Å²) in [6, 6.07) is 15.3. The van der Waals surface area contributed by atoms with Gasteiger partial charge in [0.1, 0.15) is 17.3 Å². The number of carbonyl (C=O) groups excluding carboxylic acids is 1. The maximum Gasteiger partial charge on any atom is 0.292 e. The van der Waals surface area contributed by atoms with E-state index in [2.05, 4.69) is 5.16 Å². The largest absolute Gasteiger partial charge is 0.497 e. The van der Waals surface area contributed by atoms with Gasteiger partial charge in [-0.25, -0.2) is 4.39 Å². The molecule has 1 fully saturated rings. The standard InChI is InChI=1S/C21H19FN2O3/c1-26-15-7-4-6-14(12-15)18-13-20(27-23-18)21(25)24-11-5-10-19(24)16-8-2-3-9-17(16)22/h2-4,6-9,12-13,19H,5,10-11H2,1H3. The number of aromatic nitrogens is 1. The van der Waals surface area contributed by atoms with Crippen LogP contribution in [-0.2, 0) is 0 Å². The molecular formula is C21H19FN2O3. The number of rotatable bonds is 4. The Bertz CT molecular complexity index is 969. The lowest BCUT2D eigenvalue weighted by atomic mass is 10.0. The molecule has 1 aliphatic heterocycles. The molecule has 0 spiro atoms. The summed E-state index contributed by atoms with van der Waals surface area (Å²) in [7, 11) is 1.59. The lowest BCUT2D eigenvalue weighted by molar-refractivity contribution is 0.0691. The van der Waals surface area contributed by atoms with Crippen molar-refractivity contribution in [1.82, 2.24) is 10.1 Å². The molecule has 1 amide bonds. The van der Waals surface area contributed by atoms with E-state index in [1.54, 1.807) is 36.3 Å². The van der Waals surface area contributed by atoms with Crippen LogP contribution in [0.2, 0.25) is 0 Å². The minimum atomic E-state index is -0.295. The molecule has 138 valence electrons. The molecule has 27 heavy (non-hydrogen) atoms. The van der Waals surface area contributed by atoms with Gasteiger partial charge in [0.25, 0.3) is 5.91 Å². The van der Waals surface area contributed by atoms with Crippen molar-refractivity contribution in [3.05, 3.63) is 71.7 Å². The van der Waals surface area contributed by atoms with Gasteiger partial charge in [0.05, 0.1) is 13.2 Å². The topological polar surface area (TPSA) is 55.6 Å². The third kappa shape index (κ3) is 3.30. The van der Waals surface area contributed by atoms with Gasteiger partial charge in [-0.3, -0.25) is 4.79 Å². The molecule has 0 bridgehead atoms. The second-order valence-corrected chi connectivity index (χ2v) is 6.49. The van der Waals surface area contributed by atoms with Gasteiger partial charge in [0, 0.05) is 23.7 Å². The van der Waals surface area contributed by atoms with Gasteiger partial charge in [0.2, 0.25) is 5.76 Å². The van der Waals surface area contributed by atoms with Crippen molar-refractivity contribution in [3.8, 4) is 17.0 Å². The summed E-state index contributed by atoms with van der Waals surface area (Å²) in [6.07, 6.45) is 1.55. The molecule has 0 radical (unpaired) electrons. The number of ether oxygens (including phenoxy) is 1. The molecule has 1 aromatic heterocycles. The summed E-state index contributed by atoms with van der Waals surface area (Å²) in [5.41, 5.74) is 1.89. The molecule has 4 rings (SSSR count). The van der Waals surface area contributed by atoms with E-state index in [1.807, 2.05) is 24.3 Å². The Balaban J connectivity index is 1.59. The number of halogens is 1. The zero-order chi connectivity index (χ0) is 18.8. The van der Waals surface area contributed by atoms with Crippen LogP contribution in [0.1, 0.15) is 35.0 Å². The Morgan fingerprint density at radius 1 is 1.22 bits per heavy atom. The number of amides is 1. The Morgan fingerprint density at radius 2 is 2.07 bits per heavy atom. The maximum atomic E-state index is 14.2. The Labute approximate surface area is 156 Å². The van der Waals surface area contributed by atoms with Gasteiger partial charge in [-0.1, -0.05) is 35.5 Å². The number of hydrogen-bond acceptors (Lipinski definition) is 4. The maximum absolute atomic E-state index is 14.2. The van der Waals surface area contributed by atoms with Crippen molar-refractivity contribution >= 4 is 5.91 Å². The molecule has 6 heteroatoms. The zero-order valence-corrected chi connectivity index (χ0v) is 14.9. The third-order valence-electron chi connectivity index (χ3n) is 4.86. The average molecular weight is 366 g/mol. The summed E-state index contributed by atoms with van der Waals surface area (Å²) in [5, 5.41) is 4.02. The van der Waals surface area contributed by atoms with Gasteiger partial charge >= 0.3 is 0 Å². The summed E-state index contributed by atoms with van der Waals surface area (Å²) in [4.78, 5) is 14.6. The van der Waals surface area contributed by atoms with Crippen molar-refractivity contribution in [2.24, 2.45) is 0 Å². The second-order valence-electron chi connectivity index (χ2n) is 6.49. The van der Waals surface area contributed by atoms with E-state index in [-0.39, 0.29) is 23.5 Å². The highest BCUT2D eigenvalue weighted by atomic mass is 19.1. The molecule has 1 aliphatic rings. The fourth-order valence-electron chi connectivity index (χ4n) is 3.51. The summed E-state index contributed by atoms with van der Waals surface area (Å²) < 4.78 is 24.7. The average Bonchev–Trinajstić information content (AvgIpc) is 3.38. The predicted molar refractivity (Wildman–Crippen MR) is 97.9 cm³/mol. The number of methoxy groups -OCH3 is 1. The molecular weight excluding hydrogens is 347 g/mol. The Hall–Kier alpha value is -3.15. The molecule has 5 nitrogen and oxygen atoms in total. The number of likely N-dealkylation sites (tertiary alicyclic amines) is 1. The van der Waals surface area contributed by atoms with E-state index in [4.69, 9.17) is 9.26 Å². The smallest absolute Gasteiger partial charge is 0.292 e. The normalized spacial score (nSPS) is 16.5. The molecule has 2 aromatic carbocycles. The van der Waals surface area contributed by atoms with Gasteiger partial charge in [-0.15, -0.1) is 0 Å². The van der Waals surface area contributed by atoms with Crippen LogP contribution in [0.4, 0.5) is 4.39 Å². The van der Waals surface area contributed by atoms with Crippen LogP contribution in [0.25, 0.3) is 11.3 Å². The van der Waals surface area contributed by atoms with E-state index >= 15 is 0 Å². The van der Waals surface area contributed by atoms with Crippen LogP contribution < -0.4 is 4.74 Å². The second kappa shape index (κ2) is 7.23. The highest BCUT2D eigenvalue weighted by Crippen LogP contribution is 2.35. The van der Waals surface area contributed by atoms with Crippen LogP contribution in [0.3, 0.4) is 0 Å². The molecule has 0 aliphatic carbocycles. The number of hydrogen-bond donors (Lipinski definition) is 0.